The van der Waals surface area contributed by atoms with Gasteiger partial charge in [-0.3, -0.25) is 14.5 Å². The van der Waals surface area contributed by atoms with Gasteiger partial charge >= 0.3 is 5.97 Å². The maximum atomic E-state index is 12.8. The minimum Gasteiger partial charge on any atom is -0.490 e. The molecular formula is C22H27NO6S. The average Bonchev–Trinajstić information content (AvgIpc) is 2.97. The molecule has 1 aliphatic rings. The molecule has 0 aliphatic carbocycles. The molecule has 162 valence electrons. The number of carbonyl (C=O) groups is 3. The lowest BCUT2D eigenvalue weighted by Gasteiger charge is -2.19. The van der Waals surface area contributed by atoms with Gasteiger partial charge in [0.05, 0.1) is 24.7 Å². The minimum atomic E-state index is -0.987. The van der Waals surface area contributed by atoms with E-state index in [0.717, 1.165) is 22.2 Å². The molecule has 1 fully saturated rings. The van der Waals surface area contributed by atoms with Crippen LogP contribution >= 0.6 is 11.8 Å². The number of ether oxygens (including phenoxy) is 3. The second kappa shape index (κ2) is 10.9. The van der Waals surface area contributed by atoms with Gasteiger partial charge in [0, 0.05) is 5.56 Å². The minimum absolute atomic E-state index is 0.174. The van der Waals surface area contributed by atoms with Crippen LogP contribution in [0.5, 0.6) is 11.5 Å². The van der Waals surface area contributed by atoms with Gasteiger partial charge in [0.1, 0.15) is 6.04 Å². The second-order valence-electron chi connectivity index (χ2n) is 6.35. The number of amides is 2. The first-order valence-corrected chi connectivity index (χ1v) is 10.7. The van der Waals surface area contributed by atoms with Gasteiger partial charge in [-0.2, -0.15) is 0 Å². The molecule has 1 aromatic rings. The highest BCUT2D eigenvalue weighted by atomic mass is 32.2. The number of carbonyl (C=O) groups excluding carboxylic acids is 3. The molecule has 2 rings (SSSR count). The third-order valence-corrected chi connectivity index (χ3v) is 5.13. The fourth-order valence-electron chi connectivity index (χ4n) is 2.98. The fraction of sp³-hybridized carbons (Fsp3) is 0.409. The first kappa shape index (κ1) is 23.5. The van der Waals surface area contributed by atoms with E-state index >= 15 is 0 Å². The van der Waals surface area contributed by atoms with Crippen molar-refractivity contribution in [3.63, 3.8) is 0 Å². The van der Waals surface area contributed by atoms with Crippen molar-refractivity contribution < 1.29 is 28.6 Å². The Labute approximate surface area is 181 Å². The van der Waals surface area contributed by atoms with Crippen molar-refractivity contribution in [2.24, 2.45) is 0 Å². The number of imide groups is 1. The number of benzene rings is 1. The standard InChI is InChI=1S/C22H27NO6S/c1-6-10-16-11-15(12-17(27-7-2)19(16)28-8-3)13-18-20(24)23(22(26)30-18)14(5)21(25)29-9-4/h6,11-14H,1,7-10H2,2-5H3/b18-13+/t14-/m0/s1. The van der Waals surface area contributed by atoms with Crippen molar-refractivity contribution in [3.8, 4) is 11.5 Å². The van der Waals surface area contributed by atoms with Gasteiger partial charge in [-0.25, -0.2) is 4.79 Å². The van der Waals surface area contributed by atoms with Gasteiger partial charge in [-0.15, -0.1) is 6.58 Å². The van der Waals surface area contributed by atoms with Crippen LogP contribution in [0.1, 0.15) is 38.8 Å². The first-order chi connectivity index (χ1) is 14.4. The topological polar surface area (TPSA) is 82.1 Å². The lowest BCUT2D eigenvalue weighted by Crippen LogP contribution is -2.42. The molecular weight excluding hydrogens is 406 g/mol. The van der Waals surface area contributed by atoms with Crippen molar-refractivity contribution in [2.75, 3.05) is 19.8 Å². The summed E-state index contributed by atoms with van der Waals surface area (Å²) in [6.45, 7) is 11.8. The van der Waals surface area contributed by atoms with Crippen LogP contribution in [0.2, 0.25) is 0 Å². The van der Waals surface area contributed by atoms with Gasteiger partial charge in [0.25, 0.3) is 11.1 Å². The molecule has 1 saturated heterocycles. The van der Waals surface area contributed by atoms with Crippen molar-refractivity contribution in [1.29, 1.82) is 0 Å². The summed E-state index contributed by atoms with van der Waals surface area (Å²) in [6.07, 6.45) is 3.93. The SMILES string of the molecule is C=CCc1cc(/C=C2/SC(=O)N([C@@H](C)C(=O)OCC)C2=O)cc(OCC)c1OCC. The Kier molecular flexibility index (Phi) is 8.53. The molecule has 1 aromatic carbocycles. The van der Waals surface area contributed by atoms with E-state index in [2.05, 4.69) is 6.58 Å². The van der Waals surface area contributed by atoms with Gasteiger partial charge in [0.15, 0.2) is 11.5 Å². The molecule has 0 aromatic heterocycles. The molecule has 1 aliphatic heterocycles. The number of nitrogens with zero attached hydrogens (tertiary/aromatic N) is 1. The highest BCUT2D eigenvalue weighted by molar-refractivity contribution is 8.18. The number of allylic oxidation sites excluding steroid dienone is 1. The van der Waals surface area contributed by atoms with Crippen molar-refractivity contribution in [1.82, 2.24) is 4.90 Å². The lowest BCUT2D eigenvalue weighted by atomic mass is 10.0. The molecule has 2 amide bonds. The van der Waals surface area contributed by atoms with E-state index in [1.807, 2.05) is 19.9 Å². The Morgan fingerprint density at radius 1 is 1.17 bits per heavy atom. The van der Waals surface area contributed by atoms with Crippen LogP contribution in [0.25, 0.3) is 6.08 Å². The van der Waals surface area contributed by atoms with Crippen LogP contribution in [0, 0.1) is 0 Å². The molecule has 1 heterocycles. The molecule has 1 atom stereocenters. The van der Waals surface area contributed by atoms with Gasteiger partial charge < -0.3 is 14.2 Å². The molecule has 8 heteroatoms. The maximum absolute atomic E-state index is 12.8. The predicted molar refractivity (Wildman–Crippen MR) is 117 cm³/mol. The lowest BCUT2D eigenvalue weighted by molar-refractivity contribution is -0.150. The van der Waals surface area contributed by atoms with Crippen LogP contribution in [-0.4, -0.2) is 47.9 Å². The molecule has 0 bridgehead atoms. The molecule has 0 spiro atoms. The second-order valence-corrected chi connectivity index (χ2v) is 7.34. The van der Waals surface area contributed by atoms with E-state index in [0.29, 0.717) is 36.7 Å². The van der Waals surface area contributed by atoms with Crippen molar-refractivity contribution in [3.05, 3.63) is 40.8 Å². The fourth-order valence-corrected chi connectivity index (χ4v) is 3.89. The zero-order valence-electron chi connectivity index (χ0n) is 17.7. The Balaban J connectivity index is 2.42. The summed E-state index contributed by atoms with van der Waals surface area (Å²) in [5.41, 5.74) is 1.55. The zero-order valence-corrected chi connectivity index (χ0v) is 18.5. The molecule has 7 nitrogen and oxygen atoms in total. The highest BCUT2D eigenvalue weighted by Crippen LogP contribution is 2.38. The summed E-state index contributed by atoms with van der Waals surface area (Å²) in [5.74, 6) is 0.0567. The number of rotatable bonds is 10. The van der Waals surface area contributed by atoms with Crippen LogP contribution in [-0.2, 0) is 20.7 Å². The smallest absolute Gasteiger partial charge is 0.329 e. The van der Waals surface area contributed by atoms with E-state index < -0.39 is 23.2 Å². The highest BCUT2D eigenvalue weighted by Gasteiger charge is 2.41. The number of thioether (sulfide) groups is 1. The number of esters is 1. The van der Waals surface area contributed by atoms with E-state index in [-0.39, 0.29) is 11.5 Å². The third-order valence-electron chi connectivity index (χ3n) is 4.24. The summed E-state index contributed by atoms with van der Waals surface area (Å²) in [6, 6.07) is 2.65. The monoisotopic (exact) mass is 433 g/mol. The average molecular weight is 434 g/mol. The molecule has 0 unspecified atom stereocenters. The Hall–Kier alpha value is -2.74. The van der Waals surface area contributed by atoms with E-state index in [4.69, 9.17) is 14.2 Å². The number of hydrogen-bond donors (Lipinski definition) is 0. The summed E-state index contributed by atoms with van der Waals surface area (Å²) in [7, 11) is 0. The normalized spacial score (nSPS) is 16.0. The van der Waals surface area contributed by atoms with E-state index in [1.165, 1.54) is 6.92 Å². The quantitative estimate of drug-likeness (QED) is 0.311. The summed E-state index contributed by atoms with van der Waals surface area (Å²) < 4.78 is 16.4. The summed E-state index contributed by atoms with van der Waals surface area (Å²) >= 11 is 0.792. The third kappa shape index (κ3) is 5.24. The van der Waals surface area contributed by atoms with Gasteiger partial charge in [0.2, 0.25) is 0 Å². The van der Waals surface area contributed by atoms with E-state index in [1.54, 1.807) is 25.1 Å². The summed E-state index contributed by atoms with van der Waals surface area (Å²) in [4.78, 5) is 38.3. The van der Waals surface area contributed by atoms with Crippen molar-refractivity contribution in [2.45, 2.75) is 40.2 Å². The first-order valence-electron chi connectivity index (χ1n) is 9.84. The van der Waals surface area contributed by atoms with Crippen LogP contribution in [0.4, 0.5) is 4.79 Å². The van der Waals surface area contributed by atoms with Gasteiger partial charge in [-0.1, -0.05) is 6.08 Å². The van der Waals surface area contributed by atoms with E-state index in [9.17, 15) is 14.4 Å². The molecule has 30 heavy (non-hydrogen) atoms. The Bertz CT molecular complexity index is 863. The Morgan fingerprint density at radius 2 is 1.87 bits per heavy atom. The predicted octanol–water partition coefficient (Wildman–Crippen LogP) is 4.20. The van der Waals surface area contributed by atoms with Gasteiger partial charge in [-0.05, 0) is 69.6 Å². The maximum Gasteiger partial charge on any atom is 0.329 e. The van der Waals surface area contributed by atoms with Crippen LogP contribution in [0.3, 0.4) is 0 Å². The molecule has 0 N–H and O–H groups in total. The molecule has 0 radical (unpaired) electrons. The molecule has 0 saturated carbocycles. The largest absolute Gasteiger partial charge is 0.490 e. The van der Waals surface area contributed by atoms with Crippen molar-refractivity contribution >= 4 is 35.0 Å². The van der Waals surface area contributed by atoms with Crippen LogP contribution < -0.4 is 9.47 Å². The Morgan fingerprint density at radius 3 is 2.47 bits per heavy atom. The number of hydrogen-bond acceptors (Lipinski definition) is 7. The van der Waals surface area contributed by atoms with Crippen LogP contribution in [0.15, 0.2) is 29.7 Å². The zero-order chi connectivity index (χ0) is 22.3. The summed E-state index contributed by atoms with van der Waals surface area (Å²) in [5, 5.41) is -0.505.